The maximum absolute atomic E-state index is 12.4. The minimum Gasteiger partial charge on any atom is -0.273 e. The summed E-state index contributed by atoms with van der Waals surface area (Å²) in [5.74, 6) is 3.34. The van der Waals surface area contributed by atoms with Crippen LogP contribution in [0.5, 0.6) is 0 Å². The highest BCUT2D eigenvalue weighted by molar-refractivity contribution is 7.99. The normalized spacial score (nSPS) is 30.9. The summed E-state index contributed by atoms with van der Waals surface area (Å²) in [4.78, 5) is 25.6. The predicted molar refractivity (Wildman–Crippen MR) is 108 cm³/mol. The minimum atomic E-state index is -0.0949. The number of hydrazine groups is 1. The highest BCUT2D eigenvalue weighted by atomic mass is 32.2. The average molecular weight is 387 g/mol. The van der Waals surface area contributed by atoms with Gasteiger partial charge in [-0.15, -0.1) is 11.8 Å². The van der Waals surface area contributed by atoms with E-state index in [4.69, 9.17) is 0 Å². The molecule has 1 aromatic carbocycles. The molecule has 0 atom stereocenters. The summed E-state index contributed by atoms with van der Waals surface area (Å²) in [6.07, 6.45) is 9.65. The topological polar surface area (TPSA) is 58.2 Å². The summed E-state index contributed by atoms with van der Waals surface area (Å²) in [6.45, 7) is 0. The Hall–Kier alpha value is -1.49. The second-order valence-corrected chi connectivity index (χ2v) is 10.1. The monoisotopic (exact) mass is 386 g/mol. The highest BCUT2D eigenvalue weighted by Crippen LogP contribution is 2.61. The molecule has 5 heteroatoms. The molecule has 1 aromatic rings. The van der Waals surface area contributed by atoms with Crippen molar-refractivity contribution in [1.82, 2.24) is 10.9 Å². The Morgan fingerprint density at radius 1 is 0.926 bits per heavy atom. The van der Waals surface area contributed by atoms with Gasteiger partial charge in [0.1, 0.15) is 0 Å². The standard InChI is InChI=1S/C22H30N2O2S/c25-20(7-4-8-27-19-5-2-1-3-6-19)23-24-21(26)15-22-12-16-9-17(13-22)11-18(10-16)14-22/h1-3,5-6,16-18H,4,7-15H2,(H,23,25)(H,24,26). The van der Waals surface area contributed by atoms with Gasteiger partial charge in [0, 0.05) is 17.7 Å². The molecule has 0 heterocycles. The fourth-order valence-corrected chi connectivity index (χ4v) is 6.91. The minimum absolute atomic E-state index is 0.0102. The first-order valence-corrected chi connectivity index (χ1v) is 11.3. The fourth-order valence-electron chi connectivity index (χ4n) is 6.03. The molecule has 4 saturated carbocycles. The molecule has 0 spiro atoms. The largest absolute Gasteiger partial charge is 0.273 e. The van der Waals surface area contributed by atoms with Crippen LogP contribution in [0.4, 0.5) is 0 Å². The lowest BCUT2D eigenvalue weighted by Crippen LogP contribution is -2.50. The molecule has 146 valence electrons. The maximum Gasteiger partial charge on any atom is 0.238 e. The van der Waals surface area contributed by atoms with Crippen LogP contribution in [0.3, 0.4) is 0 Å². The van der Waals surface area contributed by atoms with Gasteiger partial charge in [-0.25, -0.2) is 0 Å². The number of nitrogens with one attached hydrogen (secondary N) is 2. The molecule has 0 aromatic heterocycles. The number of rotatable bonds is 7. The van der Waals surface area contributed by atoms with E-state index in [0.29, 0.717) is 12.8 Å². The van der Waals surface area contributed by atoms with Gasteiger partial charge >= 0.3 is 0 Å². The predicted octanol–water partition coefficient (Wildman–Crippen LogP) is 4.31. The van der Waals surface area contributed by atoms with Crippen LogP contribution in [0, 0.1) is 23.2 Å². The summed E-state index contributed by atoms with van der Waals surface area (Å²) < 4.78 is 0. The van der Waals surface area contributed by atoms with Crippen LogP contribution in [0.25, 0.3) is 0 Å². The number of carbonyl (C=O) groups excluding carboxylic acids is 2. The van der Waals surface area contributed by atoms with Crippen LogP contribution in [0.1, 0.15) is 57.8 Å². The fraction of sp³-hybridized carbons (Fsp3) is 0.636. The van der Waals surface area contributed by atoms with Gasteiger partial charge in [-0.2, -0.15) is 0 Å². The van der Waals surface area contributed by atoms with Crippen molar-refractivity contribution in [3.63, 3.8) is 0 Å². The highest BCUT2D eigenvalue weighted by Gasteiger charge is 2.51. The van der Waals surface area contributed by atoms with Gasteiger partial charge in [0.05, 0.1) is 0 Å². The van der Waals surface area contributed by atoms with Crippen molar-refractivity contribution in [3.05, 3.63) is 30.3 Å². The summed E-state index contributed by atoms with van der Waals surface area (Å²) in [6, 6.07) is 10.2. The van der Waals surface area contributed by atoms with Crippen LogP contribution in [0.2, 0.25) is 0 Å². The first-order chi connectivity index (χ1) is 13.1. The van der Waals surface area contributed by atoms with Crippen molar-refractivity contribution in [2.75, 3.05) is 5.75 Å². The summed E-state index contributed by atoms with van der Waals surface area (Å²) in [5, 5.41) is 0. The zero-order chi connectivity index (χ0) is 18.7. The lowest BCUT2D eigenvalue weighted by atomic mass is 9.49. The Balaban J connectivity index is 1.14. The molecule has 0 saturated heterocycles. The average Bonchev–Trinajstić information content (AvgIpc) is 2.63. The molecule has 0 unspecified atom stereocenters. The molecule has 4 aliphatic carbocycles. The molecular formula is C22H30N2O2S. The van der Waals surface area contributed by atoms with Crippen molar-refractivity contribution in [2.45, 2.75) is 62.7 Å². The van der Waals surface area contributed by atoms with Crippen LogP contribution in [-0.4, -0.2) is 17.6 Å². The van der Waals surface area contributed by atoms with Gasteiger partial charge in [-0.05, 0) is 86.0 Å². The van der Waals surface area contributed by atoms with Crippen LogP contribution in [-0.2, 0) is 9.59 Å². The van der Waals surface area contributed by atoms with E-state index in [0.717, 1.165) is 29.9 Å². The van der Waals surface area contributed by atoms with Crippen molar-refractivity contribution < 1.29 is 9.59 Å². The Morgan fingerprint density at radius 2 is 1.52 bits per heavy atom. The molecule has 0 aliphatic heterocycles. The third-order valence-electron chi connectivity index (χ3n) is 6.60. The number of hydrogen-bond donors (Lipinski definition) is 2. The van der Waals surface area contributed by atoms with Gasteiger partial charge in [-0.1, -0.05) is 18.2 Å². The molecule has 4 bridgehead atoms. The zero-order valence-corrected chi connectivity index (χ0v) is 16.7. The van der Waals surface area contributed by atoms with E-state index in [2.05, 4.69) is 23.0 Å². The Kier molecular flexibility index (Phi) is 5.76. The number of amides is 2. The van der Waals surface area contributed by atoms with Gasteiger partial charge < -0.3 is 0 Å². The van der Waals surface area contributed by atoms with E-state index in [1.807, 2.05) is 18.2 Å². The van der Waals surface area contributed by atoms with E-state index in [1.165, 1.54) is 43.4 Å². The van der Waals surface area contributed by atoms with Crippen molar-refractivity contribution in [2.24, 2.45) is 23.2 Å². The number of carbonyl (C=O) groups is 2. The lowest BCUT2D eigenvalue weighted by molar-refractivity contribution is -0.134. The SMILES string of the molecule is O=C(CCCSc1ccccc1)NNC(=O)CC12CC3CC(CC(C3)C1)C2. The van der Waals surface area contributed by atoms with Crippen LogP contribution in [0.15, 0.2) is 35.2 Å². The lowest BCUT2D eigenvalue weighted by Gasteiger charge is -2.56. The molecule has 27 heavy (non-hydrogen) atoms. The summed E-state index contributed by atoms with van der Waals surface area (Å²) >= 11 is 1.76. The summed E-state index contributed by atoms with van der Waals surface area (Å²) in [5.41, 5.74) is 5.50. The second kappa shape index (κ2) is 8.26. The Bertz CT molecular complexity index is 641. The smallest absolute Gasteiger partial charge is 0.238 e. The van der Waals surface area contributed by atoms with Crippen molar-refractivity contribution in [3.8, 4) is 0 Å². The zero-order valence-electron chi connectivity index (χ0n) is 15.9. The van der Waals surface area contributed by atoms with Gasteiger partial charge in [0.15, 0.2) is 0 Å². The molecule has 4 aliphatic rings. The molecule has 2 amide bonds. The van der Waals surface area contributed by atoms with Crippen molar-refractivity contribution in [1.29, 1.82) is 0 Å². The molecular weight excluding hydrogens is 356 g/mol. The molecule has 4 nitrogen and oxygen atoms in total. The first kappa shape index (κ1) is 18.9. The molecule has 4 fully saturated rings. The van der Waals surface area contributed by atoms with E-state index in [1.54, 1.807) is 11.8 Å². The number of benzene rings is 1. The van der Waals surface area contributed by atoms with E-state index in [9.17, 15) is 9.59 Å². The second-order valence-electron chi connectivity index (χ2n) is 8.96. The Morgan fingerprint density at radius 3 is 2.15 bits per heavy atom. The third kappa shape index (κ3) is 4.87. The third-order valence-corrected chi connectivity index (χ3v) is 7.70. The van der Waals surface area contributed by atoms with Crippen LogP contribution < -0.4 is 10.9 Å². The molecule has 5 rings (SSSR count). The first-order valence-electron chi connectivity index (χ1n) is 10.4. The van der Waals surface area contributed by atoms with E-state index < -0.39 is 0 Å². The van der Waals surface area contributed by atoms with E-state index >= 15 is 0 Å². The number of hydrogen-bond acceptors (Lipinski definition) is 3. The van der Waals surface area contributed by atoms with Crippen molar-refractivity contribution >= 4 is 23.6 Å². The maximum atomic E-state index is 12.4. The Labute approximate surface area is 166 Å². The van der Waals surface area contributed by atoms with Gasteiger partial charge in [-0.3, -0.25) is 20.4 Å². The summed E-state index contributed by atoms with van der Waals surface area (Å²) in [7, 11) is 0. The molecule has 0 radical (unpaired) electrons. The van der Waals surface area contributed by atoms with Crippen LogP contribution >= 0.6 is 11.8 Å². The number of thioether (sulfide) groups is 1. The van der Waals surface area contributed by atoms with E-state index in [-0.39, 0.29) is 17.2 Å². The van der Waals surface area contributed by atoms with Gasteiger partial charge in [0.25, 0.3) is 0 Å². The van der Waals surface area contributed by atoms with Gasteiger partial charge in [0.2, 0.25) is 11.8 Å². The quantitative estimate of drug-likeness (QED) is 0.417. The molecule has 2 N–H and O–H groups in total.